The maximum atomic E-state index is 12.9. The molecular formula is C15H21ClFNO3. The molecular weight excluding hydrogens is 297 g/mol. The molecule has 1 amide bonds. The van der Waals surface area contributed by atoms with Crippen molar-refractivity contribution in [3.63, 3.8) is 0 Å². The van der Waals surface area contributed by atoms with Gasteiger partial charge in [0, 0.05) is 6.54 Å². The molecule has 4 nitrogen and oxygen atoms in total. The summed E-state index contributed by atoms with van der Waals surface area (Å²) in [6.45, 7) is 5.61. The third-order valence-corrected chi connectivity index (χ3v) is 3.65. The number of carbonyl (C=O) groups excluding carboxylic acids is 1. The first-order valence-electron chi connectivity index (χ1n) is 6.92. The van der Waals surface area contributed by atoms with Crippen molar-refractivity contribution in [2.75, 3.05) is 6.54 Å². The third kappa shape index (κ3) is 5.52. The highest BCUT2D eigenvalue weighted by Gasteiger charge is 2.19. The van der Waals surface area contributed by atoms with Gasteiger partial charge in [0.1, 0.15) is 11.6 Å². The van der Waals surface area contributed by atoms with E-state index in [1.165, 1.54) is 12.1 Å². The van der Waals surface area contributed by atoms with Crippen molar-refractivity contribution in [3.05, 3.63) is 29.0 Å². The summed E-state index contributed by atoms with van der Waals surface area (Å²) < 4.78 is 18.3. The van der Waals surface area contributed by atoms with Gasteiger partial charge in [0.05, 0.1) is 11.1 Å². The lowest BCUT2D eigenvalue weighted by Gasteiger charge is -2.20. The number of rotatable bonds is 7. The van der Waals surface area contributed by atoms with Gasteiger partial charge in [-0.1, -0.05) is 31.9 Å². The predicted octanol–water partition coefficient (Wildman–Crippen LogP) is 2.77. The summed E-state index contributed by atoms with van der Waals surface area (Å²) >= 11 is 5.83. The van der Waals surface area contributed by atoms with E-state index in [2.05, 4.69) is 5.32 Å². The lowest BCUT2D eigenvalue weighted by molar-refractivity contribution is -0.127. The molecule has 0 heterocycles. The minimum atomic E-state index is -0.794. The van der Waals surface area contributed by atoms with E-state index in [4.69, 9.17) is 16.3 Å². The average Bonchev–Trinajstić information content (AvgIpc) is 2.46. The Balaban J connectivity index is 2.51. The van der Waals surface area contributed by atoms with Crippen LogP contribution in [0.4, 0.5) is 4.39 Å². The molecule has 1 rings (SSSR count). The second-order valence-electron chi connectivity index (χ2n) is 5.03. The minimum absolute atomic E-state index is 0.105. The van der Waals surface area contributed by atoms with Gasteiger partial charge in [-0.3, -0.25) is 4.79 Å². The molecule has 0 fully saturated rings. The first-order valence-corrected chi connectivity index (χ1v) is 7.30. The number of hydrogen-bond acceptors (Lipinski definition) is 3. The van der Waals surface area contributed by atoms with Gasteiger partial charge >= 0.3 is 0 Å². The van der Waals surface area contributed by atoms with E-state index >= 15 is 0 Å². The highest BCUT2D eigenvalue weighted by atomic mass is 35.5. The molecule has 21 heavy (non-hydrogen) atoms. The summed E-state index contributed by atoms with van der Waals surface area (Å²) in [7, 11) is 0. The van der Waals surface area contributed by atoms with Crippen molar-refractivity contribution >= 4 is 17.5 Å². The van der Waals surface area contributed by atoms with Crippen molar-refractivity contribution < 1.29 is 19.0 Å². The number of carbonyl (C=O) groups is 1. The number of nitrogens with one attached hydrogen (secondary N) is 1. The molecule has 1 aromatic rings. The third-order valence-electron chi connectivity index (χ3n) is 3.35. The monoisotopic (exact) mass is 317 g/mol. The second kappa shape index (κ2) is 8.20. The zero-order chi connectivity index (χ0) is 16.0. The maximum Gasteiger partial charge on any atom is 0.260 e. The number of amides is 1. The number of aliphatic hydroxyl groups excluding tert-OH is 1. The van der Waals surface area contributed by atoms with Gasteiger partial charge in [-0.25, -0.2) is 4.39 Å². The predicted molar refractivity (Wildman–Crippen MR) is 80.0 cm³/mol. The molecule has 0 spiro atoms. The first-order chi connectivity index (χ1) is 9.85. The van der Waals surface area contributed by atoms with Crippen molar-refractivity contribution in [1.29, 1.82) is 0 Å². The number of ether oxygens (including phenoxy) is 1. The van der Waals surface area contributed by atoms with Crippen LogP contribution in [0.2, 0.25) is 5.02 Å². The summed E-state index contributed by atoms with van der Waals surface area (Å²) in [5.74, 6) is -0.491. The van der Waals surface area contributed by atoms with Gasteiger partial charge in [0.25, 0.3) is 5.91 Å². The molecule has 0 bridgehead atoms. The van der Waals surface area contributed by atoms with E-state index in [1.54, 1.807) is 6.92 Å². The van der Waals surface area contributed by atoms with Crippen LogP contribution in [0.25, 0.3) is 0 Å². The molecule has 0 radical (unpaired) electrons. The summed E-state index contributed by atoms with van der Waals surface area (Å²) in [4.78, 5) is 11.9. The number of benzene rings is 1. The Kier molecular flexibility index (Phi) is 6.92. The topological polar surface area (TPSA) is 58.6 Å². The number of halogens is 2. The standard InChI is InChI=1S/C15H21ClFNO3/c1-4-9(2)13(19)8-18-15(20)10(3)21-14-6-5-11(17)7-12(14)16/h5-7,9-10,13,19H,4,8H2,1-3H3,(H,18,20). The zero-order valence-corrected chi connectivity index (χ0v) is 13.2. The molecule has 0 aliphatic heterocycles. The Morgan fingerprint density at radius 1 is 1.48 bits per heavy atom. The summed E-state index contributed by atoms with van der Waals surface area (Å²) in [6, 6.07) is 3.70. The van der Waals surface area contributed by atoms with E-state index in [9.17, 15) is 14.3 Å². The van der Waals surface area contributed by atoms with Gasteiger partial charge in [-0.15, -0.1) is 0 Å². The second-order valence-corrected chi connectivity index (χ2v) is 5.44. The number of hydrogen-bond donors (Lipinski definition) is 2. The van der Waals surface area contributed by atoms with E-state index < -0.39 is 18.0 Å². The SMILES string of the molecule is CCC(C)C(O)CNC(=O)C(C)Oc1ccc(F)cc1Cl. The molecule has 0 aromatic heterocycles. The Hall–Kier alpha value is -1.33. The summed E-state index contributed by atoms with van der Waals surface area (Å²) in [6.07, 6.45) is -0.563. The van der Waals surface area contributed by atoms with Crippen molar-refractivity contribution in [1.82, 2.24) is 5.32 Å². The van der Waals surface area contributed by atoms with E-state index in [0.29, 0.717) is 0 Å². The molecule has 118 valence electrons. The van der Waals surface area contributed by atoms with Crippen LogP contribution in [-0.4, -0.2) is 29.8 Å². The molecule has 0 aliphatic rings. The lowest BCUT2D eigenvalue weighted by atomic mass is 10.0. The fraction of sp³-hybridized carbons (Fsp3) is 0.533. The van der Waals surface area contributed by atoms with Crippen molar-refractivity contribution in [2.24, 2.45) is 5.92 Å². The molecule has 6 heteroatoms. The normalized spacial score (nSPS) is 15.1. The fourth-order valence-corrected chi connectivity index (χ4v) is 1.85. The first kappa shape index (κ1) is 17.7. The van der Waals surface area contributed by atoms with Gasteiger partial charge in [0.2, 0.25) is 0 Å². The van der Waals surface area contributed by atoms with Crippen LogP contribution in [0.3, 0.4) is 0 Å². The summed E-state index contributed by atoms with van der Waals surface area (Å²) in [5, 5.41) is 12.5. The van der Waals surface area contributed by atoms with Crippen LogP contribution in [0.1, 0.15) is 27.2 Å². The van der Waals surface area contributed by atoms with E-state index in [1.807, 2.05) is 13.8 Å². The molecule has 0 aliphatic carbocycles. The van der Waals surface area contributed by atoms with Gasteiger partial charge < -0.3 is 15.2 Å². The largest absolute Gasteiger partial charge is 0.479 e. The van der Waals surface area contributed by atoms with Crippen LogP contribution in [0.15, 0.2) is 18.2 Å². The molecule has 2 N–H and O–H groups in total. The van der Waals surface area contributed by atoms with Gasteiger partial charge in [-0.05, 0) is 31.0 Å². The Morgan fingerprint density at radius 2 is 2.14 bits per heavy atom. The Labute approximate surface area is 129 Å². The molecule has 0 saturated heterocycles. The molecule has 3 unspecified atom stereocenters. The quantitative estimate of drug-likeness (QED) is 0.813. The van der Waals surface area contributed by atoms with Crippen molar-refractivity contribution in [3.8, 4) is 5.75 Å². The van der Waals surface area contributed by atoms with Crippen LogP contribution in [0, 0.1) is 11.7 Å². The van der Waals surface area contributed by atoms with Gasteiger partial charge in [0.15, 0.2) is 6.10 Å². The van der Waals surface area contributed by atoms with E-state index in [-0.39, 0.29) is 29.1 Å². The van der Waals surface area contributed by atoms with Crippen LogP contribution < -0.4 is 10.1 Å². The Morgan fingerprint density at radius 3 is 2.71 bits per heavy atom. The molecule has 0 saturated carbocycles. The van der Waals surface area contributed by atoms with E-state index in [0.717, 1.165) is 12.5 Å². The molecule has 1 aromatic carbocycles. The maximum absolute atomic E-state index is 12.9. The van der Waals surface area contributed by atoms with Crippen LogP contribution >= 0.6 is 11.6 Å². The summed E-state index contributed by atoms with van der Waals surface area (Å²) in [5.41, 5.74) is 0. The fourth-order valence-electron chi connectivity index (χ4n) is 1.64. The van der Waals surface area contributed by atoms with Crippen LogP contribution in [0.5, 0.6) is 5.75 Å². The smallest absolute Gasteiger partial charge is 0.260 e. The highest BCUT2D eigenvalue weighted by Crippen LogP contribution is 2.25. The van der Waals surface area contributed by atoms with Gasteiger partial charge in [-0.2, -0.15) is 0 Å². The zero-order valence-electron chi connectivity index (χ0n) is 12.4. The lowest BCUT2D eigenvalue weighted by Crippen LogP contribution is -2.41. The highest BCUT2D eigenvalue weighted by molar-refractivity contribution is 6.32. The Bertz CT molecular complexity index is 484. The minimum Gasteiger partial charge on any atom is -0.479 e. The average molecular weight is 318 g/mol. The number of aliphatic hydroxyl groups is 1. The van der Waals surface area contributed by atoms with Crippen molar-refractivity contribution in [2.45, 2.75) is 39.4 Å². The molecule has 3 atom stereocenters. The van der Waals surface area contributed by atoms with Crippen LogP contribution in [-0.2, 0) is 4.79 Å².